The van der Waals surface area contributed by atoms with Gasteiger partial charge in [-0.1, -0.05) is 15.9 Å². The molecule has 0 radical (unpaired) electrons. The molecule has 1 aliphatic heterocycles. The SMILES string of the molecule is BrC1CCN(c2ccncn2)C1. The predicted molar refractivity (Wildman–Crippen MR) is 51.6 cm³/mol. The van der Waals surface area contributed by atoms with E-state index in [0.29, 0.717) is 4.83 Å². The molecule has 1 aromatic rings. The first-order valence-corrected chi connectivity index (χ1v) is 4.93. The fraction of sp³-hybridized carbons (Fsp3) is 0.500. The number of alkyl halides is 1. The van der Waals surface area contributed by atoms with Gasteiger partial charge in [-0.25, -0.2) is 9.97 Å². The van der Waals surface area contributed by atoms with E-state index in [0.717, 1.165) is 18.9 Å². The van der Waals surface area contributed by atoms with Crippen LogP contribution < -0.4 is 4.90 Å². The van der Waals surface area contributed by atoms with Crippen LogP contribution in [0, 0.1) is 0 Å². The van der Waals surface area contributed by atoms with Crippen molar-refractivity contribution < 1.29 is 0 Å². The van der Waals surface area contributed by atoms with E-state index in [1.54, 1.807) is 12.5 Å². The van der Waals surface area contributed by atoms with Gasteiger partial charge in [0, 0.05) is 24.1 Å². The molecule has 12 heavy (non-hydrogen) atoms. The largest absolute Gasteiger partial charge is 0.355 e. The lowest BCUT2D eigenvalue weighted by atomic mass is 10.4. The fourth-order valence-corrected chi connectivity index (χ4v) is 1.95. The van der Waals surface area contributed by atoms with Gasteiger partial charge in [0.05, 0.1) is 0 Å². The van der Waals surface area contributed by atoms with E-state index >= 15 is 0 Å². The highest BCUT2D eigenvalue weighted by Gasteiger charge is 2.20. The highest BCUT2D eigenvalue weighted by atomic mass is 79.9. The molecular weight excluding hydrogens is 218 g/mol. The number of halogens is 1. The Balaban J connectivity index is 2.11. The Hall–Kier alpha value is -0.640. The van der Waals surface area contributed by atoms with Crippen LogP contribution in [0.4, 0.5) is 5.82 Å². The van der Waals surface area contributed by atoms with Crippen LogP contribution in [-0.4, -0.2) is 27.9 Å². The highest BCUT2D eigenvalue weighted by molar-refractivity contribution is 9.09. The van der Waals surface area contributed by atoms with Crippen molar-refractivity contribution in [3.05, 3.63) is 18.6 Å². The van der Waals surface area contributed by atoms with Gasteiger partial charge in [-0.3, -0.25) is 0 Å². The first-order valence-electron chi connectivity index (χ1n) is 4.01. The van der Waals surface area contributed by atoms with Crippen LogP contribution in [0.15, 0.2) is 18.6 Å². The van der Waals surface area contributed by atoms with E-state index < -0.39 is 0 Å². The normalized spacial score (nSPS) is 23.1. The van der Waals surface area contributed by atoms with E-state index in [1.807, 2.05) is 6.07 Å². The molecule has 0 spiro atoms. The molecule has 1 fully saturated rings. The lowest BCUT2D eigenvalue weighted by molar-refractivity contribution is 0.928. The molecule has 0 bridgehead atoms. The summed E-state index contributed by atoms with van der Waals surface area (Å²) in [6.07, 6.45) is 4.57. The summed E-state index contributed by atoms with van der Waals surface area (Å²) in [7, 11) is 0. The molecule has 64 valence electrons. The molecule has 0 aromatic carbocycles. The Morgan fingerprint density at radius 2 is 2.50 bits per heavy atom. The predicted octanol–water partition coefficient (Wildman–Crippen LogP) is 1.45. The van der Waals surface area contributed by atoms with Gasteiger partial charge in [-0.05, 0) is 12.5 Å². The number of anilines is 1. The third kappa shape index (κ3) is 1.58. The summed E-state index contributed by atoms with van der Waals surface area (Å²) >= 11 is 3.59. The molecule has 3 nitrogen and oxygen atoms in total. The Morgan fingerprint density at radius 3 is 3.08 bits per heavy atom. The molecule has 0 amide bonds. The zero-order chi connectivity index (χ0) is 8.39. The molecule has 0 N–H and O–H groups in total. The van der Waals surface area contributed by atoms with Gasteiger partial charge >= 0.3 is 0 Å². The minimum absolute atomic E-state index is 0.618. The van der Waals surface area contributed by atoms with E-state index in [2.05, 4.69) is 30.8 Å². The van der Waals surface area contributed by atoms with Crippen LogP contribution in [0.2, 0.25) is 0 Å². The summed E-state index contributed by atoms with van der Waals surface area (Å²) in [4.78, 5) is 11.0. The first-order chi connectivity index (χ1) is 5.86. The third-order valence-corrected chi connectivity index (χ3v) is 2.77. The zero-order valence-corrected chi connectivity index (χ0v) is 8.24. The molecule has 4 heteroatoms. The number of rotatable bonds is 1. The van der Waals surface area contributed by atoms with Crippen LogP contribution in [0.1, 0.15) is 6.42 Å². The average molecular weight is 228 g/mol. The van der Waals surface area contributed by atoms with Crippen molar-refractivity contribution in [2.24, 2.45) is 0 Å². The van der Waals surface area contributed by atoms with Gasteiger partial charge in [0.15, 0.2) is 0 Å². The Kier molecular flexibility index (Phi) is 2.26. The summed E-state index contributed by atoms with van der Waals surface area (Å²) in [6, 6.07) is 1.95. The molecule has 1 aromatic heterocycles. The molecule has 1 unspecified atom stereocenters. The smallest absolute Gasteiger partial charge is 0.131 e. The van der Waals surface area contributed by atoms with Crippen molar-refractivity contribution >= 4 is 21.7 Å². The summed E-state index contributed by atoms with van der Waals surface area (Å²) in [5.74, 6) is 1.03. The number of nitrogens with zero attached hydrogens (tertiary/aromatic N) is 3. The molecule has 2 heterocycles. The second-order valence-corrected chi connectivity index (χ2v) is 4.19. The number of hydrogen-bond acceptors (Lipinski definition) is 3. The topological polar surface area (TPSA) is 29.0 Å². The fourth-order valence-electron chi connectivity index (χ4n) is 1.40. The van der Waals surface area contributed by atoms with Crippen molar-refractivity contribution in [1.29, 1.82) is 0 Å². The summed E-state index contributed by atoms with van der Waals surface area (Å²) < 4.78 is 0. The van der Waals surface area contributed by atoms with Crippen LogP contribution in [0.3, 0.4) is 0 Å². The second kappa shape index (κ2) is 3.39. The molecule has 0 aliphatic carbocycles. The van der Waals surface area contributed by atoms with Crippen LogP contribution in [0.5, 0.6) is 0 Å². The quantitative estimate of drug-likeness (QED) is 0.681. The van der Waals surface area contributed by atoms with Crippen molar-refractivity contribution in [2.45, 2.75) is 11.2 Å². The maximum absolute atomic E-state index is 4.19. The minimum Gasteiger partial charge on any atom is -0.355 e. The maximum Gasteiger partial charge on any atom is 0.131 e. The molecule has 1 aliphatic rings. The first kappa shape index (κ1) is 7.98. The lowest BCUT2D eigenvalue weighted by Crippen LogP contribution is -2.20. The van der Waals surface area contributed by atoms with Crippen LogP contribution in [0.25, 0.3) is 0 Å². The van der Waals surface area contributed by atoms with Gasteiger partial charge in [0.1, 0.15) is 12.1 Å². The Labute approximate surface area is 80.0 Å². The van der Waals surface area contributed by atoms with E-state index in [9.17, 15) is 0 Å². The second-order valence-electron chi connectivity index (χ2n) is 2.90. The van der Waals surface area contributed by atoms with E-state index in [4.69, 9.17) is 0 Å². The monoisotopic (exact) mass is 227 g/mol. The van der Waals surface area contributed by atoms with Crippen molar-refractivity contribution in [3.8, 4) is 0 Å². The minimum atomic E-state index is 0.618. The van der Waals surface area contributed by atoms with Gasteiger partial charge < -0.3 is 4.90 Å². The van der Waals surface area contributed by atoms with Crippen molar-refractivity contribution in [2.75, 3.05) is 18.0 Å². The molecular formula is C8H10BrN3. The molecule has 0 saturated carbocycles. The van der Waals surface area contributed by atoms with E-state index in [-0.39, 0.29) is 0 Å². The van der Waals surface area contributed by atoms with Crippen LogP contribution >= 0.6 is 15.9 Å². The van der Waals surface area contributed by atoms with Gasteiger partial charge in [0.2, 0.25) is 0 Å². The zero-order valence-electron chi connectivity index (χ0n) is 6.65. The van der Waals surface area contributed by atoms with Gasteiger partial charge in [-0.2, -0.15) is 0 Å². The standard InChI is InChI=1S/C8H10BrN3/c9-7-2-4-12(5-7)8-1-3-10-6-11-8/h1,3,6-7H,2,4-5H2. The van der Waals surface area contributed by atoms with Crippen molar-refractivity contribution in [1.82, 2.24) is 9.97 Å². The summed E-state index contributed by atoms with van der Waals surface area (Å²) in [5.41, 5.74) is 0. The van der Waals surface area contributed by atoms with Crippen LogP contribution in [-0.2, 0) is 0 Å². The lowest BCUT2D eigenvalue weighted by Gasteiger charge is -2.15. The molecule has 1 saturated heterocycles. The summed E-state index contributed by atoms with van der Waals surface area (Å²) in [6.45, 7) is 2.14. The highest BCUT2D eigenvalue weighted by Crippen LogP contribution is 2.20. The van der Waals surface area contributed by atoms with E-state index in [1.165, 1.54) is 6.42 Å². The molecule has 2 rings (SSSR count). The summed E-state index contributed by atoms with van der Waals surface area (Å²) in [5, 5.41) is 0. The maximum atomic E-state index is 4.19. The van der Waals surface area contributed by atoms with Crippen molar-refractivity contribution in [3.63, 3.8) is 0 Å². The molecule has 1 atom stereocenters. The number of aromatic nitrogens is 2. The van der Waals surface area contributed by atoms with Gasteiger partial charge in [-0.15, -0.1) is 0 Å². The number of hydrogen-bond donors (Lipinski definition) is 0. The third-order valence-electron chi connectivity index (χ3n) is 2.02. The average Bonchev–Trinajstić information content (AvgIpc) is 2.54. The Morgan fingerprint density at radius 1 is 1.58 bits per heavy atom. The van der Waals surface area contributed by atoms with Gasteiger partial charge in [0.25, 0.3) is 0 Å². The Bertz CT molecular complexity index is 252.